The second kappa shape index (κ2) is 9.71. The maximum Gasteiger partial charge on any atom is 0.222 e. The SMILES string of the molecule is Nc1ccc(C(Oc2ccccc2)C(=O)C(Oc2ccccc2)c2ccc(N)cc2)cc1. The highest BCUT2D eigenvalue weighted by atomic mass is 16.5. The van der Waals surface area contributed by atoms with Crippen molar-refractivity contribution in [2.24, 2.45) is 0 Å². The normalized spacial score (nSPS) is 12.5. The molecular formula is C27H24N2O3. The molecule has 0 aliphatic heterocycles. The Bertz CT molecular complexity index is 1050. The van der Waals surface area contributed by atoms with Crippen LogP contribution >= 0.6 is 0 Å². The van der Waals surface area contributed by atoms with E-state index in [0.717, 1.165) is 0 Å². The van der Waals surface area contributed by atoms with Crippen LogP contribution in [0.5, 0.6) is 11.5 Å². The standard InChI is InChI=1S/C27H24N2O3/c28-21-15-11-19(12-16-21)26(31-23-7-3-1-4-8-23)25(30)27(20-13-17-22(29)18-14-20)32-24-9-5-2-6-10-24/h1-18,26-27H,28-29H2. The lowest BCUT2D eigenvalue weighted by Gasteiger charge is -2.25. The monoisotopic (exact) mass is 424 g/mol. The van der Waals surface area contributed by atoms with E-state index in [1.807, 2.05) is 60.7 Å². The van der Waals surface area contributed by atoms with E-state index < -0.39 is 12.2 Å². The Morgan fingerprint density at radius 1 is 0.531 bits per heavy atom. The van der Waals surface area contributed by atoms with Crippen molar-refractivity contribution in [3.05, 3.63) is 120 Å². The summed E-state index contributed by atoms with van der Waals surface area (Å²) in [5.74, 6) is 0.920. The first-order valence-electron chi connectivity index (χ1n) is 10.3. The van der Waals surface area contributed by atoms with E-state index in [-0.39, 0.29) is 5.78 Å². The molecule has 0 aromatic heterocycles. The molecule has 5 nitrogen and oxygen atoms in total. The average Bonchev–Trinajstić information content (AvgIpc) is 2.83. The van der Waals surface area contributed by atoms with E-state index in [1.54, 1.807) is 48.5 Å². The minimum Gasteiger partial charge on any atom is -0.478 e. The topological polar surface area (TPSA) is 87.6 Å². The number of nitrogens with two attached hydrogens (primary N) is 2. The molecule has 32 heavy (non-hydrogen) atoms. The molecule has 0 spiro atoms. The van der Waals surface area contributed by atoms with Gasteiger partial charge in [-0.1, -0.05) is 60.7 Å². The summed E-state index contributed by atoms with van der Waals surface area (Å²) in [5.41, 5.74) is 14.3. The summed E-state index contributed by atoms with van der Waals surface area (Å²) >= 11 is 0. The van der Waals surface area contributed by atoms with Gasteiger partial charge in [0.2, 0.25) is 5.78 Å². The number of hydrogen-bond acceptors (Lipinski definition) is 5. The molecule has 0 saturated heterocycles. The highest BCUT2D eigenvalue weighted by Gasteiger charge is 2.33. The molecular weight excluding hydrogens is 400 g/mol. The van der Waals surface area contributed by atoms with E-state index in [4.69, 9.17) is 20.9 Å². The Hall–Kier alpha value is -4.25. The molecule has 2 unspecified atom stereocenters. The van der Waals surface area contributed by atoms with E-state index in [2.05, 4.69) is 0 Å². The van der Waals surface area contributed by atoms with Gasteiger partial charge in [0.05, 0.1) is 0 Å². The largest absolute Gasteiger partial charge is 0.478 e. The Kier molecular flexibility index (Phi) is 6.37. The number of ether oxygens (including phenoxy) is 2. The van der Waals surface area contributed by atoms with Crippen LogP contribution in [0.2, 0.25) is 0 Å². The Morgan fingerprint density at radius 3 is 1.22 bits per heavy atom. The first kappa shape index (κ1) is 21.0. The second-order valence-electron chi connectivity index (χ2n) is 7.36. The van der Waals surface area contributed by atoms with E-state index in [1.165, 1.54) is 0 Å². The van der Waals surface area contributed by atoms with Gasteiger partial charge in [-0.05, 0) is 48.5 Å². The van der Waals surface area contributed by atoms with Gasteiger partial charge in [-0.3, -0.25) is 4.79 Å². The number of benzene rings is 4. The molecule has 0 aliphatic rings. The van der Waals surface area contributed by atoms with Crippen molar-refractivity contribution in [3.63, 3.8) is 0 Å². The van der Waals surface area contributed by atoms with E-state index in [0.29, 0.717) is 34.0 Å². The van der Waals surface area contributed by atoms with Crippen LogP contribution < -0.4 is 20.9 Å². The predicted molar refractivity (Wildman–Crippen MR) is 126 cm³/mol. The highest BCUT2D eigenvalue weighted by Crippen LogP contribution is 2.32. The minimum absolute atomic E-state index is 0.243. The van der Waals surface area contributed by atoms with Gasteiger partial charge in [0.15, 0.2) is 12.2 Å². The lowest BCUT2D eigenvalue weighted by atomic mass is 9.96. The summed E-state index contributed by atoms with van der Waals surface area (Å²) in [6.45, 7) is 0. The summed E-state index contributed by atoms with van der Waals surface area (Å²) in [5, 5.41) is 0. The molecule has 0 bridgehead atoms. The summed E-state index contributed by atoms with van der Waals surface area (Å²) < 4.78 is 12.3. The van der Waals surface area contributed by atoms with Crippen LogP contribution in [-0.2, 0) is 4.79 Å². The van der Waals surface area contributed by atoms with Crippen LogP contribution in [0, 0.1) is 0 Å². The van der Waals surface area contributed by atoms with Gasteiger partial charge in [0.25, 0.3) is 0 Å². The van der Waals surface area contributed by atoms with Gasteiger partial charge in [0, 0.05) is 22.5 Å². The zero-order valence-corrected chi connectivity index (χ0v) is 17.4. The number of carbonyl (C=O) groups is 1. The number of ketones is 1. The first-order chi connectivity index (χ1) is 15.6. The van der Waals surface area contributed by atoms with Crippen molar-refractivity contribution in [2.45, 2.75) is 12.2 Å². The van der Waals surface area contributed by atoms with Crippen molar-refractivity contribution in [3.8, 4) is 11.5 Å². The molecule has 4 aromatic carbocycles. The third-order valence-electron chi connectivity index (χ3n) is 4.99. The van der Waals surface area contributed by atoms with Crippen molar-refractivity contribution in [2.75, 3.05) is 11.5 Å². The smallest absolute Gasteiger partial charge is 0.222 e. The summed E-state index contributed by atoms with van der Waals surface area (Å²) in [6, 6.07) is 32.7. The van der Waals surface area contributed by atoms with Crippen molar-refractivity contribution >= 4 is 17.2 Å². The van der Waals surface area contributed by atoms with E-state index >= 15 is 0 Å². The lowest BCUT2D eigenvalue weighted by Crippen LogP contribution is -2.28. The van der Waals surface area contributed by atoms with E-state index in [9.17, 15) is 4.79 Å². The molecule has 4 N–H and O–H groups in total. The number of carbonyl (C=O) groups excluding carboxylic acids is 1. The third-order valence-corrected chi connectivity index (χ3v) is 4.99. The minimum atomic E-state index is -0.899. The van der Waals surface area contributed by atoms with Crippen LogP contribution in [0.25, 0.3) is 0 Å². The maximum atomic E-state index is 13.9. The van der Waals surface area contributed by atoms with Gasteiger partial charge in [-0.2, -0.15) is 0 Å². The number of rotatable bonds is 8. The van der Waals surface area contributed by atoms with Crippen LogP contribution in [0.15, 0.2) is 109 Å². The number of Topliss-reactive ketones (excluding diaryl/α,β-unsaturated/α-hetero) is 1. The van der Waals surface area contributed by atoms with Gasteiger partial charge in [-0.15, -0.1) is 0 Å². The fourth-order valence-corrected chi connectivity index (χ4v) is 3.33. The lowest BCUT2D eigenvalue weighted by molar-refractivity contribution is -0.133. The average molecular weight is 425 g/mol. The third kappa shape index (κ3) is 5.08. The zero-order chi connectivity index (χ0) is 22.3. The quantitative estimate of drug-likeness (QED) is 0.372. The van der Waals surface area contributed by atoms with Gasteiger partial charge in [-0.25, -0.2) is 0 Å². The van der Waals surface area contributed by atoms with Crippen molar-refractivity contribution < 1.29 is 14.3 Å². The molecule has 0 amide bonds. The molecule has 0 fully saturated rings. The zero-order valence-electron chi connectivity index (χ0n) is 17.4. The number of hydrogen-bond donors (Lipinski definition) is 2. The maximum absolute atomic E-state index is 13.9. The molecule has 160 valence electrons. The second-order valence-corrected chi connectivity index (χ2v) is 7.36. The number of anilines is 2. The predicted octanol–water partition coefficient (Wildman–Crippen LogP) is 5.36. The molecule has 4 rings (SSSR count). The highest BCUT2D eigenvalue weighted by molar-refractivity contribution is 5.90. The van der Waals surface area contributed by atoms with Crippen LogP contribution in [-0.4, -0.2) is 5.78 Å². The van der Waals surface area contributed by atoms with Crippen molar-refractivity contribution in [1.82, 2.24) is 0 Å². The van der Waals surface area contributed by atoms with Gasteiger partial charge < -0.3 is 20.9 Å². The fraction of sp³-hybridized carbons (Fsp3) is 0.0741. The number of para-hydroxylation sites is 2. The van der Waals surface area contributed by atoms with Gasteiger partial charge >= 0.3 is 0 Å². The number of nitrogen functional groups attached to an aromatic ring is 2. The van der Waals surface area contributed by atoms with Crippen molar-refractivity contribution in [1.29, 1.82) is 0 Å². The first-order valence-corrected chi connectivity index (χ1v) is 10.3. The Labute approximate surface area is 187 Å². The Morgan fingerprint density at radius 2 is 0.875 bits per heavy atom. The molecule has 0 heterocycles. The van der Waals surface area contributed by atoms with Crippen LogP contribution in [0.4, 0.5) is 11.4 Å². The molecule has 0 radical (unpaired) electrons. The molecule has 0 aliphatic carbocycles. The van der Waals surface area contributed by atoms with Crippen LogP contribution in [0.1, 0.15) is 23.3 Å². The summed E-state index contributed by atoms with van der Waals surface area (Å²) in [7, 11) is 0. The van der Waals surface area contributed by atoms with Crippen LogP contribution in [0.3, 0.4) is 0 Å². The molecule has 2 atom stereocenters. The molecule has 0 saturated carbocycles. The molecule has 5 heteroatoms. The Balaban J connectivity index is 1.73. The fourth-order valence-electron chi connectivity index (χ4n) is 3.33. The summed E-state index contributed by atoms with van der Waals surface area (Å²) in [4.78, 5) is 13.9. The molecule has 4 aromatic rings. The summed E-state index contributed by atoms with van der Waals surface area (Å²) in [6.07, 6.45) is -1.80. The van der Waals surface area contributed by atoms with Gasteiger partial charge in [0.1, 0.15) is 11.5 Å².